The zero-order valence-electron chi connectivity index (χ0n) is 14.6. The first-order valence-corrected chi connectivity index (χ1v) is 7.94. The Kier molecular flexibility index (Phi) is 7.87. The molecule has 1 rings (SSSR count). The number of esters is 1. The minimum atomic E-state index is -1.15. The van der Waals surface area contributed by atoms with Gasteiger partial charge in [-0.3, -0.25) is 4.79 Å². The van der Waals surface area contributed by atoms with E-state index in [0.717, 1.165) is 5.56 Å². The van der Waals surface area contributed by atoms with Crippen molar-refractivity contribution < 1.29 is 24.2 Å². The number of carbonyl (C=O) groups is 3. The van der Waals surface area contributed by atoms with Crippen molar-refractivity contribution in [3.8, 4) is 0 Å². The Hall–Kier alpha value is -2.61. The van der Waals surface area contributed by atoms with Crippen molar-refractivity contribution >= 4 is 18.0 Å². The van der Waals surface area contributed by atoms with Gasteiger partial charge in [-0.2, -0.15) is 0 Å². The van der Waals surface area contributed by atoms with Gasteiger partial charge in [0.05, 0.1) is 0 Å². The van der Waals surface area contributed by atoms with E-state index in [0.29, 0.717) is 0 Å². The minimum absolute atomic E-state index is 0.0979. The summed E-state index contributed by atoms with van der Waals surface area (Å²) in [7, 11) is 3.04. The van der Waals surface area contributed by atoms with E-state index in [1.165, 1.54) is 25.9 Å². The van der Waals surface area contributed by atoms with Crippen LogP contribution >= 0.6 is 0 Å². The maximum atomic E-state index is 11.8. The van der Waals surface area contributed by atoms with E-state index in [1.807, 2.05) is 6.07 Å². The second kappa shape index (κ2) is 9.63. The highest BCUT2D eigenvalue weighted by molar-refractivity contribution is 5.82. The average Bonchev–Trinajstić information content (AvgIpc) is 2.57. The van der Waals surface area contributed by atoms with Gasteiger partial charge in [0.25, 0.3) is 0 Å². The Morgan fingerprint density at radius 2 is 1.80 bits per heavy atom. The Morgan fingerprint density at radius 1 is 1.20 bits per heavy atom. The first kappa shape index (κ1) is 20.4. The van der Waals surface area contributed by atoms with E-state index >= 15 is 0 Å². The van der Waals surface area contributed by atoms with E-state index in [2.05, 4.69) is 5.32 Å². The number of carboxylic acids is 1. The number of nitrogens with one attached hydrogen (secondary N) is 1. The lowest BCUT2D eigenvalue weighted by Gasteiger charge is -2.22. The summed E-state index contributed by atoms with van der Waals surface area (Å²) in [6.07, 6.45) is -0.314. The van der Waals surface area contributed by atoms with Gasteiger partial charge in [-0.25, -0.2) is 9.59 Å². The molecule has 3 atom stereocenters. The fraction of sp³-hybridized carbons (Fsp3) is 0.471. The van der Waals surface area contributed by atoms with Gasteiger partial charge in [-0.15, -0.1) is 0 Å². The van der Waals surface area contributed by atoms with Crippen molar-refractivity contribution in [3.63, 3.8) is 0 Å². The molecule has 2 amide bonds. The highest BCUT2D eigenvalue weighted by Gasteiger charge is 2.25. The summed E-state index contributed by atoms with van der Waals surface area (Å²) < 4.78 is 5.40. The van der Waals surface area contributed by atoms with Crippen LogP contribution in [0.1, 0.15) is 31.4 Å². The van der Waals surface area contributed by atoms with Gasteiger partial charge in [-0.05, 0) is 25.3 Å². The normalized spacial score (nSPS) is 14.1. The summed E-state index contributed by atoms with van der Waals surface area (Å²) >= 11 is 0. The van der Waals surface area contributed by atoms with Crippen molar-refractivity contribution in [1.82, 2.24) is 10.2 Å². The Morgan fingerprint density at radius 3 is 2.28 bits per heavy atom. The standard InChI is InChI=1S/C17H25N3O5/c1-11(18)16(23)25-14(12-7-5-4-6-8-12)10-9-13(15(21)22)19-17(24)20(2)3/h4-8,11,13-14H,9-10,18H2,1-3H3,(H,19,24)(H,21,22)/t11-,13-,14?/m0/s1. The van der Waals surface area contributed by atoms with E-state index < -0.39 is 36.2 Å². The van der Waals surface area contributed by atoms with Crippen LogP contribution in [-0.4, -0.2) is 54.2 Å². The number of nitrogens with two attached hydrogens (primary N) is 1. The lowest BCUT2D eigenvalue weighted by atomic mass is 10.0. The Balaban J connectivity index is 2.83. The number of rotatable bonds is 8. The third-order valence-electron chi connectivity index (χ3n) is 3.52. The molecule has 0 aromatic heterocycles. The van der Waals surface area contributed by atoms with E-state index in [-0.39, 0.29) is 12.8 Å². The molecule has 0 radical (unpaired) electrons. The number of carboxylic acid groups (broad SMARTS) is 1. The molecular weight excluding hydrogens is 326 g/mol. The molecule has 0 bridgehead atoms. The lowest BCUT2D eigenvalue weighted by Crippen LogP contribution is -2.45. The van der Waals surface area contributed by atoms with Crippen LogP contribution in [0.25, 0.3) is 0 Å². The molecule has 0 fully saturated rings. The van der Waals surface area contributed by atoms with Crippen LogP contribution in [0.5, 0.6) is 0 Å². The second-order valence-corrected chi connectivity index (χ2v) is 5.94. The number of ether oxygens (including phenoxy) is 1. The first-order chi connectivity index (χ1) is 11.7. The molecule has 0 aliphatic carbocycles. The second-order valence-electron chi connectivity index (χ2n) is 5.94. The van der Waals surface area contributed by atoms with Crippen molar-refractivity contribution in [2.24, 2.45) is 5.73 Å². The summed E-state index contributed by atoms with van der Waals surface area (Å²) in [6, 6.07) is 6.61. The minimum Gasteiger partial charge on any atom is -0.480 e. The van der Waals surface area contributed by atoms with Crippen LogP contribution in [-0.2, 0) is 14.3 Å². The van der Waals surface area contributed by atoms with Gasteiger partial charge in [0.1, 0.15) is 18.2 Å². The molecule has 1 unspecified atom stereocenters. The highest BCUT2D eigenvalue weighted by atomic mass is 16.5. The summed E-state index contributed by atoms with van der Waals surface area (Å²) in [5, 5.41) is 11.7. The van der Waals surface area contributed by atoms with Gasteiger partial charge in [0.15, 0.2) is 0 Å². The van der Waals surface area contributed by atoms with Crippen LogP contribution in [0.3, 0.4) is 0 Å². The molecule has 25 heavy (non-hydrogen) atoms. The molecule has 8 heteroatoms. The molecule has 0 aliphatic heterocycles. The van der Waals surface area contributed by atoms with Crippen LogP contribution in [0, 0.1) is 0 Å². The van der Waals surface area contributed by atoms with Crippen LogP contribution in [0.4, 0.5) is 4.79 Å². The van der Waals surface area contributed by atoms with Crippen LogP contribution in [0.2, 0.25) is 0 Å². The topological polar surface area (TPSA) is 122 Å². The SMILES string of the molecule is C[C@H](N)C(=O)OC(CC[C@H](NC(=O)N(C)C)C(=O)O)c1ccccc1. The van der Waals surface area contributed by atoms with Crippen LogP contribution < -0.4 is 11.1 Å². The van der Waals surface area contributed by atoms with E-state index in [4.69, 9.17) is 10.5 Å². The maximum Gasteiger partial charge on any atom is 0.326 e. The van der Waals surface area contributed by atoms with Gasteiger partial charge in [-0.1, -0.05) is 30.3 Å². The number of urea groups is 1. The zero-order chi connectivity index (χ0) is 19.0. The molecule has 138 valence electrons. The monoisotopic (exact) mass is 351 g/mol. The number of nitrogens with zero attached hydrogens (tertiary/aromatic N) is 1. The largest absolute Gasteiger partial charge is 0.480 e. The van der Waals surface area contributed by atoms with Gasteiger partial charge < -0.3 is 25.8 Å². The predicted octanol–water partition coefficient (Wildman–Crippen LogP) is 1.12. The summed E-state index contributed by atoms with van der Waals surface area (Å²) in [4.78, 5) is 36.1. The number of benzene rings is 1. The smallest absolute Gasteiger partial charge is 0.326 e. The van der Waals surface area contributed by atoms with Crippen molar-refractivity contribution in [2.75, 3.05) is 14.1 Å². The van der Waals surface area contributed by atoms with E-state index in [1.54, 1.807) is 24.3 Å². The number of hydrogen-bond donors (Lipinski definition) is 3. The fourth-order valence-corrected chi connectivity index (χ4v) is 2.06. The van der Waals surface area contributed by atoms with Gasteiger partial charge in [0.2, 0.25) is 0 Å². The molecule has 1 aromatic carbocycles. The number of hydrogen-bond acceptors (Lipinski definition) is 5. The number of amides is 2. The molecule has 1 aromatic rings. The molecule has 0 heterocycles. The molecule has 4 N–H and O–H groups in total. The summed E-state index contributed by atoms with van der Waals surface area (Å²) in [5.41, 5.74) is 6.27. The molecule has 8 nitrogen and oxygen atoms in total. The summed E-state index contributed by atoms with van der Waals surface area (Å²) in [6.45, 7) is 1.52. The lowest BCUT2D eigenvalue weighted by molar-refractivity contribution is -0.151. The molecule has 0 spiro atoms. The molecular formula is C17H25N3O5. The zero-order valence-corrected chi connectivity index (χ0v) is 14.6. The number of aliphatic carboxylic acids is 1. The van der Waals surface area contributed by atoms with Crippen molar-refractivity contribution in [3.05, 3.63) is 35.9 Å². The number of carbonyl (C=O) groups excluding carboxylic acids is 2. The highest BCUT2D eigenvalue weighted by Crippen LogP contribution is 2.24. The summed E-state index contributed by atoms with van der Waals surface area (Å²) in [5.74, 6) is -1.72. The first-order valence-electron chi connectivity index (χ1n) is 7.94. The molecule has 0 saturated heterocycles. The van der Waals surface area contributed by atoms with Gasteiger partial charge in [0, 0.05) is 14.1 Å². The van der Waals surface area contributed by atoms with E-state index in [9.17, 15) is 19.5 Å². The van der Waals surface area contributed by atoms with Crippen molar-refractivity contribution in [2.45, 2.75) is 38.0 Å². The quantitative estimate of drug-likeness (QED) is 0.603. The van der Waals surface area contributed by atoms with Crippen molar-refractivity contribution in [1.29, 1.82) is 0 Å². The van der Waals surface area contributed by atoms with Gasteiger partial charge >= 0.3 is 18.0 Å². The molecule has 0 aliphatic rings. The van der Waals surface area contributed by atoms with Crippen LogP contribution in [0.15, 0.2) is 30.3 Å². The third-order valence-corrected chi connectivity index (χ3v) is 3.52. The Labute approximate surface area is 146 Å². The third kappa shape index (κ3) is 6.80. The maximum absolute atomic E-state index is 11.8. The Bertz CT molecular complexity index is 589. The fourth-order valence-electron chi connectivity index (χ4n) is 2.06. The average molecular weight is 351 g/mol. The predicted molar refractivity (Wildman–Crippen MR) is 91.8 cm³/mol. The molecule has 0 saturated carbocycles.